The van der Waals surface area contributed by atoms with E-state index in [2.05, 4.69) is 0 Å². The second-order valence-electron chi connectivity index (χ2n) is 4.25. The average molecular weight is 218 g/mol. The summed E-state index contributed by atoms with van der Waals surface area (Å²) in [6.07, 6.45) is 0.463. The van der Waals surface area contributed by atoms with Crippen LogP contribution in [-0.4, -0.2) is 17.9 Å². The summed E-state index contributed by atoms with van der Waals surface area (Å²) in [5.74, 6) is -0.245. The number of rotatable bonds is 2. The zero-order chi connectivity index (χ0) is 11.1. The van der Waals surface area contributed by atoms with Crippen molar-refractivity contribution in [3.05, 3.63) is 23.3 Å². The van der Waals surface area contributed by atoms with Gasteiger partial charge in [0, 0.05) is 5.57 Å². The van der Waals surface area contributed by atoms with Gasteiger partial charge < -0.3 is 5.11 Å². The lowest BCUT2D eigenvalue weighted by Crippen LogP contribution is -2.24. The Morgan fingerprint density at radius 1 is 1.27 bits per heavy atom. The fourth-order valence-electron chi connectivity index (χ4n) is 2.13. The molecule has 84 valence electrons. The summed E-state index contributed by atoms with van der Waals surface area (Å²) in [7, 11) is 0. The normalized spacial score (nSPS) is 27.3. The van der Waals surface area contributed by atoms with E-state index in [-0.39, 0.29) is 12.5 Å². The molecule has 1 atom stereocenters. The van der Waals surface area contributed by atoms with Crippen molar-refractivity contribution in [3.63, 3.8) is 0 Å². The first-order valence-electron chi connectivity index (χ1n) is 5.10. The van der Waals surface area contributed by atoms with E-state index in [0.717, 1.165) is 18.9 Å². The van der Waals surface area contributed by atoms with Crippen molar-refractivity contribution in [2.45, 2.75) is 25.4 Å². The van der Waals surface area contributed by atoms with Gasteiger partial charge in [-0.3, -0.25) is 0 Å². The summed E-state index contributed by atoms with van der Waals surface area (Å²) >= 11 is 0. The number of aliphatic hydroxyl groups excluding tert-OH is 1. The predicted molar refractivity (Wildman–Crippen MR) is 50.1 cm³/mol. The van der Waals surface area contributed by atoms with E-state index in [1.807, 2.05) is 0 Å². The Morgan fingerprint density at radius 2 is 1.93 bits per heavy atom. The van der Waals surface area contributed by atoms with Crippen molar-refractivity contribution in [1.29, 1.82) is 0 Å². The minimum Gasteiger partial charge on any atom is -0.392 e. The van der Waals surface area contributed by atoms with Gasteiger partial charge in [0.1, 0.15) is 0 Å². The van der Waals surface area contributed by atoms with E-state index >= 15 is 0 Å². The lowest BCUT2D eigenvalue weighted by atomic mass is 9.83. The Hall–Kier alpha value is -0.770. The smallest absolute Gasteiger partial charge is 0.392 e. The van der Waals surface area contributed by atoms with E-state index < -0.39 is 17.7 Å². The van der Waals surface area contributed by atoms with E-state index in [1.54, 1.807) is 0 Å². The van der Waals surface area contributed by atoms with Crippen LogP contribution in [0.1, 0.15) is 19.3 Å². The third kappa shape index (κ3) is 2.25. The third-order valence-electron chi connectivity index (χ3n) is 3.10. The van der Waals surface area contributed by atoms with Gasteiger partial charge in [-0.05, 0) is 36.7 Å². The summed E-state index contributed by atoms with van der Waals surface area (Å²) in [4.78, 5) is 0. The highest BCUT2D eigenvalue weighted by molar-refractivity contribution is 5.31. The molecule has 1 fully saturated rings. The molecule has 0 saturated heterocycles. The van der Waals surface area contributed by atoms with Crippen LogP contribution in [0.15, 0.2) is 23.3 Å². The van der Waals surface area contributed by atoms with Gasteiger partial charge in [0.15, 0.2) is 0 Å². The van der Waals surface area contributed by atoms with Crippen LogP contribution in [0.5, 0.6) is 0 Å². The molecule has 0 aromatic rings. The van der Waals surface area contributed by atoms with Crippen molar-refractivity contribution < 1.29 is 18.3 Å². The maximum absolute atomic E-state index is 12.7. The number of hydrogen-bond acceptors (Lipinski definition) is 1. The Bertz CT molecular complexity index is 310. The summed E-state index contributed by atoms with van der Waals surface area (Å²) in [6, 6.07) is 0. The van der Waals surface area contributed by atoms with Crippen LogP contribution in [0.4, 0.5) is 13.2 Å². The molecular weight excluding hydrogens is 205 g/mol. The first-order chi connectivity index (χ1) is 7.02. The van der Waals surface area contributed by atoms with Crippen molar-refractivity contribution in [2.75, 3.05) is 6.61 Å². The molecule has 2 rings (SSSR count). The molecule has 0 aromatic heterocycles. The molecule has 0 amide bonds. The lowest BCUT2D eigenvalue weighted by molar-refractivity contribution is -0.100. The zero-order valence-corrected chi connectivity index (χ0v) is 8.22. The van der Waals surface area contributed by atoms with Gasteiger partial charge in [-0.15, -0.1) is 0 Å². The fraction of sp³-hybridized carbons (Fsp3) is 0.636. The number of alkyl halides is 3. The Balaban J connectivity index is 2.23. The number of aliphatic hydroxyl groups is 1. The summed E-state index contributed by atoms with van der Waals surface area (Å²) < 4.78 is 38.0. The monoisotopic (exact) mass is 218 g/mol. The standard InChI is InChI=1S/C11H13F3O/c12-11(13,14)10-4-1-7(6-15)5-9(10)8-2-3-8/h1,4,8-9,15H,2-3,5-6H2. The molecule has 4 heteroatoms. The van der Waals surface area contributed by atoms with Crippen LogP contribution in [0.3, 0.4) is 0 Å². The molecule has 0 aliphatic heterocycles. The molecule has 1 nitrogen and oxygen atoms in total. The van der Waals surface area contributed by atoms with Gasteiger partial charge >= 0.3 is 6.18 Å². The highest BCUT2D eigenvalue weighted by atomic mass is 19.4. The SMILES string of the molecule is OCC1=CC=C(C(F)(F)F)C(C2CC2)C1. The van der Waals surface area contributed by atoms with Gasteiger partial charge in [-0.1, -0.05) is 12.2 Å². The number of allylic oxidation sites excluding steroid dienone is 3. The molecule has 0 heterocycles. The molecule has 0 spiro atoms. The molecule has 0 radical (unpaired) electrons. The first kappa shape index (κ1) is 10.7. The molecule has 0 bridgehead atoms. The van der Waals surface area contributed by atoms with E-state index in [9.17, 15) is 13.2 Å². The molecule has 2 aliphatic rings. The zero-order valence-electron chi connectivity index (χ0n) is 8.22. The molecule has 1 N–H and O–H groups in total. The van der Waals surface area contributed by atoms with E-state index in [4.69, 9.17) is 5.11 Å². The van der Waals surface area contributed by atoms with E-state index in [0.29, 0.717) is 12.0 Å². The molecular formula is C11H13F3O. The van der Waals surface area contributed by atoms with Crippen LogP contribution in [0, 0.1) is 11.8 Å². The van der Waals surface area contributed by atoms with Gasteiger partial charge in [0.05, 0.1) is 6.61 Å². The number of halogens is 3. The predicted octanol–water partition coefficient (Wildman–Crippen LogP) is 2.82. The fourth-order valence-corrected chi connectivity index (χ4v) is 2.13. The molecule has 15 heavy (non-hydrogen) atoms. The van der Waals surface area contributed by atoms with Crippen LogP contribution in [0.25, 0.3) is 0 Å². The van der Waals surface area contributed by atoms with Crippen molar-refractivity contribution in [3.8, 4) is 0 Å². The first-order valence-corrected chi connectivity index (χ1v) is 5.10. The van der Waals surface area contributed by atoms with Crippen molar-refractivity contribution >= 4 is 0 Å². The maximum atomic E-state index is 12.7. The van der Waals surface area contributed by atoms with Gasteiger partial charge in [0.2, 0.25) is 0 Å². The van der Waals surface area contributed by atoms with Crippen molar-refractivity contribution in [2.24, 2.45) is 11.8 Å². The number of hydrogen-bond donors (Lipinski definition) is 1. The van der Waals surface area contributed by atoms with Crippen LogP contribution < -0.4 is 0 Å². The molecule has 2 aliphatic carbocycles. The average Bonchev–Trinajstić information content (AvgIpc) is 2.98. The van der Waals surface area contributed by atoms with Gasteiger partial charge in [-0.25, -0.2) is 0 Å². The molecule has 0 aromatic carbocycles. The second kappa shape index (κ2) is 3.67. The summed E-state index contributed by atoms with van der Waals surface area (Å²) in [6.45, 7) is -0.134. The summed E-state index contributed by atoms with van der Waals surface area (Å²) in [5.41, 5.74) is 0.294. The van der Waals surface area contributed by atoms with Crippen molar-refractivity contribution in [1.82, 2.24) is 0 Å². The third-order valence-corrected chi connectivity index (χ3v) is 3.10. The van der Waals surface area contributed by atoms with Gasteiger partial charge in [-0.2, -0.15) is 13.2 Å². The largest absolute Gasteiger partial charge is 0.412 e. The Labute approximate surface area is 86.3 Å². The minimum absolute atomic E-state index is 0.134. The second-order valence-corrected chi connectivity index (χ2v) is 4.25. The minimum atomic E-state index is -4.22. The van der Waals surface area contributed by atoms with E-state index in [1.165, 1.54) is 6.08 Å². The highest BCUT2D eigenvalue weighted by Gasteiger charge is 2.45. The Morgan fingerprint density at radius 3 is 2.40 bits per heavy atom. The molecule has 1 unspecified atom stereocenters. The summed E-state index contributed by atoms with van der Waals surface area (Å²) in [5, 5.41) is 8.92. The lowest BCUT2D eigenvalue weighted by Gasteiger charge is -2.25. The molecule has 1 saturated carbocycles. The van der Waals surface area contributed by atoms with Crippen LogP contribution in [-0.2, 0) is 0 Å². The van der Waals surface area contributed by atoms with Crippen LogP contribution in [0.2, 0.25) is 0 Å². The highest BCUT2D eigenvalue weighted by Crippen LogP contribution is 2.49. The van der Waals surface area contributed by atoms with Gasteiger partial charge in [0.25, 0.3) is 0 Å². The topological polar surface area (TPSA) is 20.2 Å². The van der Waals surface area contributed by atoms with Crippen LogP contribution >= 0.6 is 0 Å². The maximum Gasteiger partial charge on any atom is 0.412 e. The Kier molecular flexibility index (Phi) is 2.63. The quantitative estimate of drug-likeness (QED) is 0.755.